The van der Waals surface area contributed by atoms with Gasteiger partial charge in [0, 0.05) is 24.4 Å². The monoisotopic (exact) mass is 240 g/mol. The van der Waals surface area contributed by atoms with Gasteiger partial charge in [0.05, 0.1) is 0 Å². The van der Waals surface area contributed by atoms with Crippen LogP contribution in [0.3, 0.4) is 0 Å². The average molecular weight is 240 g/mol. The summed E-state index contributed by atoms with van der Waals surface area (Å²) in [5, 5.41) is 5.74. The fourth-order valence-electron chi connectivity index (χ4n) is 2.27. The molecule has 2 N–H and O–H groups in total. The van der Waals surface area contributed by atoms with Crippen molar-refractivity contribution in [2.75, 3.05) is 6.54 Å². The number of alkyl carbamates (subject to hydrolysis) is 1. The minimum absolute atomic E-state index is 0.0762. The Bertz CT molecular complexity index is 342. The fourth-order valence-corrected chi connectivity index (χ4v) is 2.27. The molecular formula is C12H20N2O3. The van der Waals surface area contributed by atoms with E-state index < -0.39 is 5.60 Å². The maximum Gasteiger partial charge on any atom is 0.408 e. The Balaban J connectivity index is 1.90. The van der Waals surface area contributed by atoms with Crippen LogP contribution in [0.2, 0.25) is 0 Å². The van der Waals surface area contributed by atoms with Gasteiger partial charge in [-0.15, -0.1) is 0 Å². The molecule has 17 heavy (non-hydrogen) atoms. The van der Waals surface area contributed by atoms with Gasteiger partial charge in [-0.05, 0) is 33.6 Å². The van der Waals surface area contributed by atoms with E-state index >= 15 is 0 Å². The number of ether oxygens (including phenoxy) is 1. The molecule has 0 aromatic rings. The zero-order chi connectivity index (χ0) is 12.7. The fraction of sp³-hybridized carbons (Fsp3) is 0.833. The van der Waals surface area contributed by atoms with Crippen LogP contribution in [0.1, 0.15) is 40.0 Å². The smallest absolute Gasteiger partial charge is 0.408 e. The lowest BCUT2D eigenvalue weighted by molar-refractivity contribution is -0.119. The highest BCUT2D eigenvalue weighted by Gasteiger charge is 2.53. The molecule has 2 aliphatic rings. The van der Waals surface area contributed by atoms with E-state index in [-0.39, 0.29) is 23.5 Å². The van der Waals surface area contributed by atoms with Crippen LogP contribution in [-0.2, 0) is 9.53 Å². The molecule has 5 heteroatoms. The van der Waals surface area contributed by atoms with Crippen LogP contribution in [-0.4, -0.2) is 29.7 Å². The first kappa shape index (κ1) is 12.2. The van der Waals surface area contributed by atoms with Gasteiger partial charge in [-0.1, -0.05) is 0 Å². The largest absolute Gasteiger partial charge is 0.444 e. The minimum atomic E-state index is -0.482. The molecule has 2 rings (SSSR count). The summed E-state index contributed by atoms with van der Waals surface area (Å²) in [7, 11) is 0. The van der Waals surface area contributed by atoms with Crippen LogP contribution in [0.4, 0.5) is 4.79 Å². The number of hydrogen-bond donors (Lipinski definition) is 2. The van der Waals surface area contributed by atoms with Gasteiger partial charge in [-0.3, -0.25) is 4.79 Å². The molecule has 0 radical (unpaired) electrons. The molecule has 2 amide bonds. The van der Waals surface area contributed by atoms with Gasteiger partial charge in [0.25, 0.3) is 0 Å². The van der Waals surface area contributed by atoms with Crippen molar-refractivity contribution in [3.63, 3.8) is 0 Å². The molecule has 1 saturated carbocycles. The van der Waals surface area contributed by atoms with Crippen LogP contribution in [0.25, 0.3) is 0 Å². The van der Waals surface area contributed by atoms with Crippen molar-refractivity contribution >= 4 is 12.0 Å². The molecule has 0 aromatic carbocycles. The maximum absolute atomic E-state index is 11.7. The van der Waals surface area contributed by atoms with E-state index in [9.17, 15) is 9.59 Å². The first-order valence-electron chi connectivity index (χ1n) is 6.09. The normalized spacial score (nSPS) is 26.3. The molecule has 1 unspecified atom stereocenters. The summed E-state index contributed by atoms with van der Waals surface area (Å²) in [4.78, 5) is 22.9. The number of amides is 2. The van der Waals surface area contributed by atoms with E-state index in [1.165, 1.54) is 0 Å². The molecule has 1 aliphatic heterocycles. The second-order valence-corrected chi connectivity index (χ2v) is 5.99. The Morgan fingerprint density at radius 3 is 2.53 bits per heavy atom. The zero-order valence-electron chi connectivity index (χ0n) is 10.6. The van der Waals surface area contributed by atoms with E-state index in [1.807, 2.05) is 20.8 Å². The number of carbonyl (C=O) groups excluding carboxylic acids is 2. The molecule has 96 valence electrons. The van der Waals surface area contributed by atoms with Crippen LogP contribution in [0.5, 0.6) is 0 Å². The van der Waals surface area contributed by atoms with Gasteiger partial charge in [-0.25, -0.2) is 4.79 Å². The van der Waals surface area contributed by atoms with Gasteiger partial charge < -0.3 is 15.4 Å². The SMILES string of the molecule is CC(C)(C)OC(=O)NC1(C2CNC(=O)C2)CC1. The number of carbonyl (C=O) groups is 2. The minimum Gasteiger partial charge on any atom is -0.444 e. The summed E-state index contributed by atoms with van der Waals surface area (Å²) in [6, 6.07) is 0. The molecule has 0 spiro atoms. The molecule has 1 saturated heterocycles. The van der Waals surface area contributed by atoms with Crippen molar-refractivity contribution in [1.29, 1.82) is 0 Å². The Labute approximate surface area is 101 Å². The molecule has 2 fully saturated rings. The lowest BCUT2D eigenvalue weighted by Crippen LogP contribution is -2.45. The first-order valence-corrected chi connectivity index (χ1v) is 6.09. The van der Waals surface area contributed by atoms with Gasteiger partial charge in [-0.2, -0.15) is 0 Å². The van der Waals surface area contributed by atoms with Crippen LogP contribution >= 0.6 is 0 Å². The Kier molecular flexibility index (Phi) is 2.79. The summed E-state index contributed by atoms with van der Waals surface area (Å²) in [6.07, 6.45) is 2.00. The van der Waals surface area contributed by atoms with Crippen molar-refractivity contribution < 1.29 is 14.3 Å². The van der Waals surface area contributed by atoms with E-state index in [2.05, 4.69) is 10.6 Å². The third-order valence-corrected chi connectivity index (χ3v) is 3.30. The molecular weight excluding hydrogens is 220 g/mol. The summed E-state index contributed by atoms with van der Waals surface area (Å²) in [5.74, 6) is 0.287. The van der Waals surface area contributed by atoms with Crippen molar-refractivity contribution in [1.82, 2.24) is 10.6 Å². The third-order valence-electron chi connectivity index (χ3n) is 3.30. The predicted molar refractivity (Wildman–Crippen MR) is 62.5 cm³/mol. The third kappa shape index (κ3) is 2.90. The van der Waals surface area contributed by atoms with Crippen molar-refractivity contribution in [2.24, 2.45) is 5.92 Å². The van der Waals surface area contributed by atoms with Crippen LogP contribution < -0.4 is 10.6 Å². The van der Waals surface area contributed by atoms with Crippen LogP contribution in [0.15, 0.2) is 0 Å². The Morgan fingerprint density at radius 1 is 1.47 bits per heavy atom. The van der Waals surface area contributed by atoms with E-state index in [0.717, 1.165) is 12.8 Å². The predicted octanol–water partition coefficient (Wildman–Crippen LogP) is 1.18. The van der Waals surface area contributed by atoms with Crippen molar-refractivity contribution in [3.8, 4) is 0 Å². The first-order chi connectivity index (χ1) is 7.81. The standard InChI is InChI=1S/C12H20N2O3/c1-11(2,3)17-10(16)14-12(4-5-12)8-6-9(15)13-7-8/h8H,4-7H2,1-3H3,(H,13,15)(H,14,16). The molecule has 0 aromatic heterocycles. The molecule has 5 nitrogen and oxygen atoms in total. The highest BCUT2D eigenvalue weighted by atomic mass is 16.6. The van der Waals surface area contributed by atoms with Gasteiger partial charge >= 0.3 is 6.09 Å². The summed E-state index contributed by atoms with van der Waals surface area (Å²) < 4.78 is 5.24. The lowest BCUT2D eigenvalue weighted by atomic mass is 9.96. The number of nitrogens with one attached hydrogen (secondary N) is 2. The van der Waals surface area contributed by atoms with Gasteiger partial charge in [0.2, 0.25) is 5.91 Å². The second-order valence-electron chi connectivity index (χ2n) is 5.99. The summed E-state index contributed by atoms with van der Waals surface area (Å²) in [5.41, 5.74) is -0.689. The Hall–Kier alpha value is -1.26. The Morgan fingerprint density at radius 2 is 2.12 bits per heavy atom. The zero-order valence-corrected chi connectivity index (χ0v) is 10.6. The summed E-state index contributed by atoms with van der Waals surface area (Å²) in [6.45, 7) is 6.18. The molecule has 1 aliphatic carbocycles. The van der Waals surface area contributed by atoms with Crippen molar-refractivity contribution in [3.05, 3.63) is 0 Å². The highest BCUT2D eigenvalue weighted by molar-refractivity contribution is 5.79. The quantitative estimate of drug-likeness (QED) is 0.761. The second kappa shape index (κ2) is 3.89. The van der Waals surface area contributed by atoms with Crippen molar-refractivity contribution in [2.45, 2.75) is 51.2 Å². The maximum atomic E-state index is 11.7. The molecule has 0 bridgehead atoms. The van der Waals surface area contributed by atoms with Gasteiger partial charge in [0.15, 0.2) is 0 Å². The van der Waals surface area contributed by atoms with Gasteiger partial charge in [0.1, 0.15) is 5.60 Å². The summed E-state index contributed by atoms with van der Waals surface area (Å²) >= 11 is 0. The van der Waals surface area contributed by atoms with Crippen LogP contribution in [0, 0.1) is 5.92 Å². The molecule has 1 heterocycles. The lowest BCUT2D eigenvalue weighted by Gasteiger charge is -2.26. The van der Waals surface area contributed by atoms with E-state index in [1.54, 1.807) is 0 Å². The molecule has 1 atom stereocenters. The van der Waals surface area contributed by atoms with E-state index in [4.69, 9.17) is 4.74 Å². The number of rotatable bonds is 2. The average Bonchev–Trinajstić information content (AvgIpc) is 2.77. The highest BCUT2D eigenvalue weighted by Crippen LogP contribution is 2.45. The number of hydrogen-bond acceptors (Lipinski definition) is 3. The van der Waals surface area contributed by atoms with E-state index in [0.29, 0.717) is 13.0 Å². The topological polar surface area (TPSA) is 67.4 Å².